The number of nitrogens with zero attached hydrogens (tertiary/aromatic N) is 4. The summed E-state index contributed by atoms with van der Waals surface area (Å²) in [5, 5.41) is 17.3. The lowest BCUT2D eigenvalue weighted by Crippen LogP contribution is -2.50. The highest BCUT2D eigenvalue weighted by Crippen LogP contribution is 2.38. The maximum Gasteiger partial charge on any atom is 0.270 e. The summed E-state index contributed by atoms with van der Waals surface area (Å²) in [5.41, 5.74) is 1.77. The molecular weight excluding hydrogens is 522 g/mol. The van der Waals surface area contributed by atoms with Crippen LogP contribution in [0.4, 0.5) is 10.8 Å². The zero-order valence-corrected chi connectivity index (χ0v) is 21.2. The molecule has 3 heterocycles. The summed E-state index contributed by atoms with van der Waals surface area (Å²) in [6, 6.07) is 14.2. The van der Waals surface area contributed by atoms with Crippen molar-refractivity contribution in [2.45, 2.75) is 0 Å². The number of piperazine rings is 1. The summed E-state index contributed by atoms with van der Waals surface area (Å²) in [4.78, 5) is 44.8. The Morgan fingerprint density at radius 1 is 1.11 bits per heavy atom. The summed E-state index contributed by atoms with van der Waals surface area (Å²) >= 11 is 8.98. The Morgan fingerprint density at radius 3 is 2.58 bits per heavy atom. The number of hydrogen-bond acceptors (Lipinski definition) is 8. The molecule has 1 N–H and O–H groups in total. The smallest absolute Gasteiger partial charge is 0.270 e. The van der Waals surface area contributed by atoms with E-state index in [2.05, 4.69) is 10.3 Å². The summed E-state index contributed by atoms with van der Waals surface area (Å²) in [7, 11) is 0. The zero-order chi connectivity index (χ0) is 25.2. The fraction of sp³-hybridized carbons (Fsp3) is 0.208. The lowest BCUT2D eigenvalue weighted by atomic mass is 10.2. The van der Waals surface area contributed by atoms with Crippen molar-refractivity contribution < 1.29 is 14.5 Å². The number of benzene rings is 2. The molecule has 184 valence electrons. The molecule has 2 amide bonds. The molecule has 12 heteroatoms. The van der Waals surface area contributed by atoms with Crippen molar-refractivity contribution in [3.8, 4) is 11.3 Å². The van der Waals surface area contributed by atoms with Crippen molar-refractivity contribution in [2.24, 2.45) is 0 Å². The monoisotopic (exact) mass is 541 g/mol. The van der Waals surface area contributed by atoms with Gasteiger partial charge in [0.05, 0.1) is 22.2 Å². The number of thiophene rings is 1. The first-order valence-corrected chi connectivity index (χ1v) is 13.2. The average Bonchev–Trinajstić information content (AvgIpc) is 3.48. The number of amides is 2. The van der Waals surface area contributed by atoms with Crippen LogP contribution < -0.4 is 5.32 Å². The minimum absolute atomic E-state index is 0.0413. The number of thiazole rings is 1. The van der Waals surface area contributed by atoms with Crippen molar-refractivity contribution in [1.82, 2.24) is 14.8 Å². The second-order valence-corrected chi connectivity index (χ2v) is 10.5. The lowest BCUT2D eigenvalue weighted by molar-refractivity contribution is -0.384. The molecule has 2 aromatic carbocycles. The Morgan fingerprint density at radius 2 is 1.86 bits per heavy atom. The van der Waals surface area contributed by atoms with Gasteiger partial charge in [0, 0.05) is 59.3 Å². The standard InChI is InChI=1S/C24H20ClN5O4S2/c25-21-17-7-6-16(30(33)34)12-19(17)36-22(21)23(32)29-10-8-28(9-11-29)13-20(31)27-24-26-18(14-35-24)15-4-2-1-3-5-15/h1-7,12,14H,8-11,13H2,(H,26,27,31). The van der Waals surface area contributed by atoms with Crippen LogP contribution in [0, 0.1) is 10.1 Å². The van der Waals surface area contributed by atoms with E-state index in [9.17, 15) is 19.7 Å². The minimum Gasteiger partial charge on any atom is -0.335 e. The molecule has 36 heavy (non-hydrogen) atoms. The van der Waals surface area contributed by atoms with Crippen LogP contribution in [-0.2, 0) is 4.79 Å². The second-order valence-electron chi connectivity index (χ2n) is 8.20. The molecule has 0 spiro atoms. The van der Waals surface area contributed by atoms with Crippen molar-refractivity contribution >= 4 is 67.0 Å². The van der Waals surface area contributed by atoms with E-state index < -0.39 is 4.92 Å². The first-order valence-electron chi connectivity index (χ1n) is 11.1. The minimum atomic E-state index is -0.472. The van der Waals surface area contributed by atoms with E-state index >= 15 is 0 Å². The molecule has 1 aliphatic rings. The first kappa shape index (κ1) is 24.3. The number of nitro groups is 1. The van der Waals surface area contributed by atoms with Gasteiger partial charge in [0.25, 0.3) is 11.6 Å². The number of anilines is 1. The molecule has 0 unspecified atom stereocenters. The van der Waals surface area contributed by atoms with Gasteiger partial charge < -0.3 is 10.2 Å². The fourth-order valence-corrected chi connectivity index (χ4v) is 6.24. The van der Waals surface area contributed by atoms with E-state index in [0.717, 1.165) is 22.6 Å². The maximum atomic E-state index is 13.1. The van der Waals surface area contributed by atoms with Crippen LogP contribution in [-0.4, -0.2) is 64.2 Å². The van der Waals surface area contributed by atoms with Crippen LogP contribution in [0.1, 0.15) is 9.67 Å². The Kier molecular flexibility index (Phi) is 6.97. The highest BCUT2D eigenvalue weighted by molar-refractivity contribution is 7.21. The summed E-state index contributed by atoms with van der Waals surface area (Å²) < 4.78 is 0.602. The molecule has 0 atom stereocenters. The van der Waals surface area contributed by atoms with Gasteiger partial charge in [0.15, 0.2) is 5.13 Å². The van der Waals surface area contributed by atoms with E-state index in [1.807, 2.05) is 40.6 Å². The van der Waals surface area contributed by atoms with Gasteiger partial charge >= 0.3 is 0 Å². The molecular formula is C24H20ClN5O4S2. The van der Waals surface area contributed by atoms with Crippen LogP contribution in [0.3, 0.4) is 0 Å². The summed E-state index contributed by atoms with van der Waals surface area (Å²) in [6.45, 7) is 2.19. The number of halogens is 1. The van der Waals surface area contributed by atoms with Crippen LogP contribution in [0.5, 0.6) is 0 Å². The summed E-state index contributed by atoms with van der Waals surface area (Å²) in [5.74, 6) is -0.359. The van der Waals surface area contributed by atoms with Crippen molar-refractivity contribution in [1.29, 1.82) is 0 Å². The predicted molar refractivity (Wildman–Crippen MR) is 142 cm³/mol. The second kappa shape index (κ2) is 10.3. The van der Waals surface area contributed by atoms with E-state index in [1.54, 1.807) is 11.0 Å². The van der Waals surface area contributed by atoms with Gasteiger partial charge in [-0.3, -0.25) is 24.6 Å². The van der Waals surface area contributed by atoms with E-state index in [0.29, 0.717) is 51.3 Å². The molecule has 1 aliphatic heterocycles. The van der Waals surface area contributed by atoms with Crippen LogP contribution >= 0.6 is 34.3 Å². The number of carbonyl (C=O) groups excluding carboxylic acids is 2. The third kappa shape index (κ3) is 5.09. The molecule has 2 aromatic heterocycles. The number of fused-ring (bicyclic) bond motifs is 1. The molecule has 0 radical (unpaired) electrons. The Labute approximate surface area is 219 Å². The van der Waals surface area contributed by atoms with Crippen molar-refractivity contribution in [2.75, 3.05) is 38.0 Å². The molecule has 0 saturated carbocycles. The Balaban J connectivity index is 1.16. The molecule has 4 aromatic rings. The molecule has 0 bridgehead atoms. The molecule has 1 saturated heterocycles. The SMILES string of the molecule is O=C(CN1CCN(C(=O)c2sc3cc([N+](=O)[O-])ccc3c2Cl)CC1)Nc1nc(-c2ccccc2)cs1. The third-order valence-corrected chi connectivity index (χ3v) is 8.27. The molecule has 9 nitrogen and oxygen atoms in total. The largest absolute Gasteiger partial charge is 0.335 e. The lowest BCUT2D eigenvalue weighted by Gasteiger charge is -2.34. The van der Waals surface area contributed by atoms with E-state index in [-0.39, 0.29) is 24.0 Å². The molecule has 5 rings (SSSR count). The van der Waals surface area contributed by atoms with Gasteiger partial charge in [-0.25, -0.2) is 4.98 Å². The van der Waals surface area contributed by atoms with Gasteiger partial charge in [-0.15, -0.1) is 22.7 Å². The Hall–Kier alpha value is -3.38. The molecule has 0 aliphatic carbocycles. The number of rotatable bonds is 6. The predicted octanol–water partition coefficient (Wildman–Crippen LogP) is 4.98. The summed E-state index contributed by atoms with van der Waals surface area (Å²) in [6.07, 6.45) is 0. The topological polar surface area (TPSA) is 109 Å². The average molecular weight is 542 g/mol. The van der Waals surface area contributed by atoms with Gasteiger partial charge in [0.1, 0.15) is 4.88 Å². The van der Waals surface area contributed by atoms with Crippen molar-refractivity contribution in [3.63, 3.8) is 0 Å². The maximum absolute atomic E-state index is 13.1. The zero-order valence-electron chi connectivity index (χ0n) is 18.8. The van der Waals surface area contributed by atoms with Crippen LogP contribution in [0.2, 0.25) is 5.02 Å². The normalized spacial score (nSPS) is 14.2. The van der Waals surface area contributed by atoms with Crippen LogP contribution in [0.15, 0.2) is 53.9 Å². The highest BCUT2D eigenvalue weighted by Gasteiger charge is 2.27. The van der Waals surface area contributed by atoms with Crippen molar-refractivity contribution in [3.05, 3.63) is 73.9 Å². The first-order chi connectivity index (χ1) is 17.4. The quantitative estimate of drug-likeness (QED) is 0.272. The number of aromatic nitrogens is 1. The Bertz CT molecular complexity index is 1450. The fourth-order valence-electron chi connectivity index (χ4n) is 3.99. The van der Waals surface area contributed by atoms with E-state index in [1.165, 1.54) is 23.5 Å². The number of non-ortho nitro benzene ring substituents is 1. The van der Waals surface area contributed by atoms with Gasteiger partial charge in [-0.05, 0) is 6.07 Å². The number of nitrogens with one attached hydrogen (secondary N) is 1. The molecule has 1 fully saturated rings. The third-order valence-electron chi connectivity index (χ3n) is 5.86. The van der Waals surface area contributed by atoms with E-state index in [4.69, 9.17) is 11.6 Å². The van der Waals surface area contributed by atoms with Gasteiger partial charge in [-0.2, -0.15) is 0 Å². The number of hydrogen-bond donors (Lipinski definition) is 1. The number of nitro benzene ring substituents is 1. The van der Waals surface area contributed by atoms with Gasteiger partial charge in [-0.1, -0.05) is 41.9 Å². The number of carbonyl (C=O) groups is 2. The van der Waals surface area contributed by atoms with Crippen LogP contribution in [0.25, 0.3) is 21.3 Å². The highest BCUT2D eigenvalue weighted by atomic mass is 35.5. The van der Waals surface area contributed by atoms with Gasteiger partial charge in [0.2, 0.25) is 5.91 Å².